The molecule has 0 radical (unpaired) electrons. The first-order chi connectivity index (χ1) is 8.11. The molecule has 0 spiro atoms. The van der Waals surface area contributed by atoms with Gasteiger partial charge >= 0.3 is 12.1 Å². The third-order valence-corrected chi connectivity index (χ3v) is 2.22. The van der Waals surface area contributed by atoms with Gasteiger partial charge in [0.2, 0.25) is 0 Å². The highest BCUT2D eigenvalue weighted by Crippen LogP contribution is 2.25. The number of alkyl halides is 3. The number of carboxylic acids is 1. The Hall–Kier alpha value is -1.31. The molecular formula is C10H18F3N3O2. The van der Waals surface area contributed by atoms with Crippen molar-refractivity contribution >= 4 is 11.8 Å². The van der Waals surface area contributed by atoms with Crippen LogP contribution in [0.4, 0.5) is 13.2 Å². The van der Waals surface area contributed by atoms with Crippen LogP contribution in [0.1, 0.15) is 32.6 Å². The van der Waals surface area contributed by atoms with Crippen molar-refractivity contribution in [3.05, 3.63) is 0 Å². The van der Waals surface area contributed by atoms with Crippen molar-refractivity contribution in [3.8, 4) is 0 Å². The molecule has 0 amide bonds. The molecular weight excluding hydrogens is 251 g/mol. The highest BCUT2D eigenvalue weighted by Gasteiger charge is 2.31. The van der Waals surface area contributed by atoms with Gasteiger partial charge in [-0.1, -0.05) is 0 Å². The molecule has 0 aromatic rings. The van der Waals surface area contributed by atoms with E-state index < -0.39 is 30.7 Å². The van der Waals surface area contributed by atoms with Crippen molar-refractivity contribution < 1.29 is 23.1 Å². The SMILES string of the molecule is CC(N)=NC(CCC[C@H](N)C(=O)O)CC(F)(F)F. The van der Waals surface area contributed by atoms with Crippen LogP contribution >= 0.6 is 0 Å². The van der Waals surface area contributed by atoms with Gasteiger partial charge in [-0.3, -0.25) is 9.79 Å². The number of halogens is 3. The summed E-state index contributed by atoms with van der Waals surface area (Å²) in [5.74, 6) is -1.09. The molecule has 106 valence electrons. The van der Waals surface area contributed by atoms with E-state index in [1.165, 1.54) is 6.92 Å². The molecule has 0 aromatic carbocycles. The fourth-order valence-electron chi connectivity index (χ4n) is 1.46. The second kappa shape index (κ2) is 7.20. The van der Waals surface area contributed by atoms with Crippen LogP contribution in [0, 0.1) is 0 Å². The molecule has 0 aliphatic carbocycles. The number of nitrogens with two attached hydrogens (primary N) is 2. The zero-order valence-corrected chi connectivity index (χ0v) is 10.1. The summed E-state index contributed by atoms with van der Waals surface area (Å²) in [6.45, 7) is 1.41. The van der Waals surface area contributed by atoms with E-state index in [9.17, 15) is 18.0 Å². The van der Waals surface area contributed by atoms with E-state index in [0.29, 0.717) is 0 Å². The average molecular weight is 269 g/mol. The minimum absolute atomic E-state index is 0.0757. The van der Waals surface area contributed by atoms with Gasteiger partial charge in [-0.2, -0.15) is 13.2 Å². The predicted molar refractivity (Wildman–Crippen MR) is 61.2 cm³/mol. The number of amidine groups is 1. The van der Waals surface area contributed by atoms with Gasteiger partial charge in [-0.05, 0) is 26.2 Å². The Balaban J connectivity index is 4.26. The van der Waals surface area contributed by atoms with Gasteiger partial charge in [0.25, 0.3) is 0 Å². The van der Waals surface area contributed by atoms with Gasteiger partial charge < -0.3 is 16.6 Å². The van der Waals surface area contributed by atoms with E-state index in [4.69, 9.17) is 16.6 Å². The Morgan fingerprint density at radius 3 is 2.33 bits per heavy atom. The Morgan fingerprint density at radius 2 is 1.94 bits per heavy atom. The molecule has 0 bridgehead atoms. The smallest absolute Gasteiger partial charge is 0.391 e. The van der Waals surface area contributed by atoms with Crippen LogP contribution in [-0.4, -0.2) is 35.2 Å². The molecule has 0 aromatic heterocycles. The van der Waals surface area contributed by atoms with Gasteiger partial charge in [0, 0.05) is 0 Å². The van der Waals surface area contributed by atoms with Crippen molar-refractivity contribution in [2.24, 2.45) is 16.5 Å². The number of carbonyl (C=O) groups is 1. The Morgan fingerprint density at radius 1 is 1.39 bits per heavy atom. The van der Waals surface area contributed by atoms with Crippen LogP contribution in [0.2, 0.25) is 0 Å². The standard InChI is InChI=1S/C10H18F3N3O2/c1-6(14)16-7(5-10(11,12)13)3-2-4-8(15)9(17)18/h7-8H,2-5,15H2,1H3,(H2,14,16)(H,17,18)/t7?,8-/m0/s1. The zero-order valence-electron chi connectivity index (χ0n) is 10.1. The Bertz CT molecular complexity index is 301. The largest absolute Gasteiger partial charge is 0.480 e. The molecule has 5 nitrogen and oxygen atoms in total. The lowest BCUT2D eigenvalue weighted by atomic mass is 10.0. The molecule has 1 unspecified atom stereocenters. The van der Waals surface area contributed by atoms with Crippen molar-refractivity contribution in [2.45, 2.75) is 50.9 Å². The number of aliphatic carboxylic acids is 1. The van der Waals surface area contributed by atoms with Gasteiger partial charge in [-0.15, -0.1) is 0 Å². The van der Waals surface area contributed by atoms with E-state index in [0.717, 1.165) is 0 Å². The fraction of sp³-hybridized carbons (Fsp3) is 0.800. The van der Waals surface area contributed by atoms with Crippen LogP contribution in [0.3, 0.4) is 0 Å². The third kappa shape index (κ3) is 8.80. The maximum Gasteiger partial charge on any atom is 0.391 e. The van der Waals surface area contributed by atoms with E-state index in [1.807, 2.05) is 0 Å². The normalized spacial score (nSPS) is 16.4. The van der Waals surface area contributed by atoms with Gasteiger partial charge in [-0.25, -0.2) is 0 Å². The molecule has 2 atom stereocenters. The van der Waals surface area contributed by atoms with E-state index in [-0.39, 0.29) is 25.1 Å². The molecule has 5 N–H and O–H groups in total. The number of nitrogens with zero attached hydrogens (tertiary/aromatic N) is 1. The molecule has 18 heavy (non-hydrogen) atoms. The highest BCUT2D eigenvalue weighted by atomic mass is 19.4. The first-order valence-corrected chi connectivity index (χ1v) is 5.47. The lowest BCUT2D eigenvalue weighted by Gasteiger charge is -2.15. The van der Waals surface area contributed by atoms with E-state index >= 15 is 0 Å². The third-order valence-electron chi connectivity index (χ3n) is 2.22. The van der Waals surface area contributed by atoms with Crippen molar-refractivity contribution in [3.63, 3.8) is 0 Å². The first-order valence-electron chi connectivity index (χ1n) is 5.47. The van der Waals surface area contributed by atoms with Crippen molar-refractivity contribution in [1.29, 1.82) is 0 Å². The maximum absolute atomic E-state index is 12.2. The van der Waals surface area contributed by atoms with Crippen molar-refractivity contribution in [2.75, 3.05) is 0 Å². The maximum atomic E-state index is 12.2. The number of hydrogen-bond acceptors (Lipinski definition) is 3. The molecule has 0 fully saturated rings. The minimum atomic E-state index is -4.32. The zero-order chi connectivity index (χ0) is 14.3. The van der Waals surface area contributed by atoms with Crippen LogP contribution in [0.25, 0.3) is 0 Å². The summed E-state index contributed by atoms with van der Waals surface area (Å²) < 4.78 is 36.7. The lowest BCUT2D eigenvalue weighted by Crippen LogP contribution is -2.30. The van der Waals surface area contributed by atoms with Crippen molar-refractivity contribution in [1.82, 2.24) is 0 Å². The summed E-state index contributed by atoms with van der Waals surface area (Å²) in [4.78, 5) is 14.1. The van der Waals surface area contributed by atoms with Crippen LogP contribution in [0.15, 0.2) is 4.99 Å². The summed E-state index contributed by atoms with van der Waals surface area (Å²) in [5.41, 5.74) is 10.5. The van der Waals surface area contributed by atoms with Crippen LogP contribution < -0.4 is 11.5 Å². The summed E-state index contributed by atoms with van der Waals surface area (Å²) in [6, 6.07) is -2.03. The molecule has 0 aliphatic heterocycles. The summed E-state index contributed by atoms with van der Waals surface area (Å²) in [7, 11) is 0. The minimum Gasteiger partial charge on any atom is -0.480 e. The number of aliphatic imine (C=N–C) groups is 1. The van der Waals surface area contributed by atoms with Gasteiger partial charge in [0.1, 0.15) is 6.04 Å². The van der Waals surface area contributed by atoms with Crippen LogP contribution in [-0.2, 0) is 4.79 Å². The van der Waals surface area contributed by atoms with Gasteiger partial charge in [0.15, 0.2) is 0 Å². The summed E-state index contributed by atoms with van der Waals surface area (Å²) in [5, 5.41) is 8.53. The summed E-state index contributed by atoms with van der Waals surface area (Å²) >= 11 is 0. The van der Waals surface area contributed by atoms with E-state index in [2.05, 4.69) is 4.99 Å². The molecule has 0 saturated heterocycles. The molecule has 0 saturated carbocycles. The van der Waals surface area contributed by atoms with Gasteiger partial charge in [0.05, 0.1) is 18.3 Å². The Kier molecular flexibility index (Phi) is 6.67. The number of rotatable bonds is 7. The quantitative estimate of drug-likeness (QED) is 0.478. The Labute approximate surface area is 103 Å². The fourth-order valence-corrected chi connectivity index (χ4v) is 1.46. The average Bonchev–Trinajstić information content (AvgIpc) is 2.13. The first kappa shape index (κ1) is 16.7. The van der Waals surface area contributed by atoms with E-state index in [1.54, 1.807) is 0 Å². The second-order valence-corrected chi connectivity index (χ2v) is 4.12. The summed E-state index contributed by atoms with van der Waals surface area (Å²) in [6.07, 6.45) is -4.91. The molecule has 8 heteroatoms. The molecule has 0 aliphatic rings. The lowest BCUT2D eigenvalue weighted by molar-refractivity contribution is -0.140. The van der Waals surface area contributed by atoms with Crippen LogP contribution in [0.5, 0.6) is 0 Å². The number of hydrogen-bond donors (Lipinski definition) is 3. The topological polar surface area (TPSA) is 102 Å². The monoisotopic (exact) mass is 269 g/mol. The predicted octanol–water partition coefficient (Wildman–Crippen LogP) is 1.27. The second-order valence-electron chi connectivity index (χ2n) is 4.12. The highest BCUT2D eigenvalue weighted by molar-refractivity contribution is 5.77. The molecule has 0 rings (SSSR count). The number of carboxylic acid groups (broad SMARTS) is 1. The molecule has 0 heterocycles.